The lowest BCUT2D eigenvalue weighted by Crippen LogP contribution is -2.48. The molecule has 1 aromatic heterocycles. The number of pyridine rings is 1. The van der Waals surface area contributed by atoms with Gasteiger partial charge in [0.2, 0.25) is 0 Å². The molecule has 0 saturated carbocycles. The van der Waals surface area contributed by atoms with Crippen LogP contribution in [0.25, 0.3) is 0 Å². The molecule has 0 spiro atoms. The summed E-state index contributed by atoms with van der Waals surface area (Å²) in [6.45, 7) is 6.24. The molecule has 1 saturated heterocycles. The van der Waals surface area contributed by atoms with Gasteiger partial charge < -0.3 is 15.5 Å². The number of anilines is 1. The van der Waals surface area contributed by atoms with Crippen molar-refractivity contribution in [2.24, 2.45) is 4.99 Å². The Bertz CT molecular complexity index is 826. The van der Waals surface area contributed by atoms with Gasteiger partial charge in [-0.2, -0.15) is 0 Å². The van der Waals surface area contributed by atoms with Crippen LogP contribution in [0.3, 0.4) is 0 Å². The van der Waals surface area contributed by atoms with Gasteiger partial charge in [0, 0.05) is 44.3 Å². The van der Waals surface area contributed by atoms with Crippen LogP contribution in [-0.2, 0) is 5.41 Å². The molecule has 1 atom stereocenters. The van der Waals surface area contributed by atoms with E-state index in [4.69, 9.17) is 0 Å². The summed E-state index contributed by atoms with van der Waals surface area (Å²) >= 11 is 0. The van der Waals surface area contributed by atoms with Crippen molar-refractivity contribution >= 4 is 35.8 Å². The highest BCUT2D eigenvalue weighted by molar-refractivity contribution is 14.0. The van der Waals surface area contributed by atoms with E-state index in [9.17, 15) is 8.78 Å². The molecule has 0 aliphatic carbocycles. The highest BCUT2D eigenvalue weighted by Crippen LogP contribution is 2.23. The van der Waals surface area contributed by atoms with Crippen molar-refractivity contribution < 1.29 is 8.78 Å². The Balaban J connectivity index is 0.00000300. The Morgan fingerprint density at radius 3 is 2.62 bits per heavy atom. The summed E-state index contributed by atoms with van der Waals surface area (Å²) in [5.41, 5.74) is 0.860. The SMILES string of the molecule is CN=C(NCC(C)(C)c1ccc(F)cc1)NC1CCN(c2ncccc2F)C1.I. The van der Waals surface area contributed by atoms with Crippen LogP contribution in [0.15, 0.2) is 47.6 Å². The third-order valence-electron chi connectivity index (χ3n) is 5.11. The Labute approximate surface area is 188 Å². The average Bonchev–Trinajstić information content (AvgIpc) is 3.14. The van der Waals surface area contributed by atoms with Crippen molar-refractivity contribution in [3.05, 3.63) is 59.8 Å². The van der Waals surface area contributed by atoms with Crippen LogP contribution < -0.4 is 15.5 Å². The smallest absolute Gasteiger partial charge is 0.191 e. The van der Waals surface area contributed by atoms with Crippen LogP contribution in [0.1, 0.15) is 25.8 Å². The molecular formula is C21H28F2IN5. The van der Waals surface area contributed by atoms with Crippen LogP contribution in [0.2, 0.25) is 0 Å². The molecule has 1 aromatic carbocycles. The van der Waals surface area contributed by atoms with Gasteiger partial charge in [0.05, 0.1) is 0 Å². The highest BCUT2D eigenvalue weighted by Gasteiger charge is 2.27. The van der Waals surface area contributed by atoms with Gasteiger partial charge in [-0.25, -0.2) is 13.8 Å². The Hall–Kier alpha value is -1.97. The molecule has 0 radical (unpaired) electrons. The highest BCUT2D eigenvalue weighted by atomic mass is 127. The molecule has 1 fully saturated rings. The summed E-state index contributed by atoms with van der Waals surface area (Å²) in [7, 11) is 1.73. The molecule has 1 unspecified atom stereocenters. The van der Waals surface area contributed by atoms with E-state index in [-0.39, 0.29) is 47.1 Å². The average molecular weight is 515 g/mol. The second kappa shape index (κ2) is 10.2. The first-order chi connectivity index (χ1) is 13.4. The topological polar surface area (TPSA) is 52.6 Å². The summed E-state index contributed by atoms with van der Waals surface area (Å²) in [5.74, 6) is 0.558. The van der Waals surface area contributed by atoms with Crippen molar-refractivity contribution in [3.63, 3.8) is 0 Å². The normalized spacial score (nSPS) is 17.1. The zero-order valence-electron chi connectivity index (χ0n) is 17.0. The van der Waals surface area contributed by atoms with Gasteiger partial charge >= 0.3 is 0 Å². The minimum Gasteiger partial charge on any atom is -0.356 e. The van der Waals surface area contributed by atoms with Gasteiger partial charge in [-0.1, -0.05) is 26.0 Å². The predicted octanol–water partition coefficient (Wildman–Crippen LogP) is 3.70. The number of aliphatic imine (C=N–C) groups is 1. The Morgan fingerprint density at radius 1 is 1.24 bits per heavy atom. The van der Waals surface area contributed by atoms with Gasteiger partial charge in [0.15, 0.2) is 17.6 Å². The molecule has 0 bridgehead atoms. The van der Waals surface area contributed by atoms with E-state index in [1.165, 1.54) is 18.2 Å². The number of halogens is 3. The summed E-state index contributed by atoms with van der Waals surface area (Å²) in [6, 6.07) is 9.76. The lowest BCUT2D eigenvalue weighted by molar-refractivity contribution is 0.503. The number of hydrogen-bond acceptors (Lipinski definition) is 3. The van der Waals surface area contributed by atoms with Gasteiger partial charge in [0.25, 0.3) is 0 Å². The molecule has 5 nitrogen and oxygen atoms in total. The number of nitrogens with zero attached hydrogens (tertiary/aromatic N) is 3. The van der Waals surface area contributed by atoms with Crippen molar-refractivity contribution in [1.82, 2.24) is 15.6 Å². The molecule has 2 heterocycles. The van der Waals surface area contributed by atoms with E-state index in [1.54, 1.807) is 19.3 Å². The molecule has 2 N–H and O–H groups in total. The fourth-order valence-electron chi connectivity index (χ4n) is 3.38. The van der Waals surface area contributed by atoms with Crippen LogP contribution in [-0.4, -0.2) is 43.7 Å². The first-order valence-corrected chi connectivity index (χ1v) is 9.48. The largest absolute Gasteiger partial charge is 0.356 e. The molecule has 1 aliphatic rings. The Kier molecular flexibility index (Phi) is 8.18. The van der Waals surface area contributed by atoms with Gasteiger partial charge in [-0.05, 0) is 36.2 Å². The van der Waals surface area contributed by atoms with Crippen LogP contribution in [0, 0.1) is 11.6 Å². The number of benzene rings is 1. The molecule has 158 valence electrons. The maximum atomic E-state index is 14.0. The lowest BCUT2D eigenvalue weighted by atomic mass is 9.84. The number of aromatic nitrogens is 1. The van der Waals surface area contributed by atoms with Crippen molar-refractivity contribution in [2.75, 3.05) is 31.6 Å². The summed E-state index contributed by atoms with van der Waals surface area (Å²) in [6.07, 6.45) is 2.48. The number of guanidine groups is 1. The maximum Gasteiger partial charge on any atom is 0.191 e. The standard InChI is InChI=1S/C21H27F2N5.HI/c1-21(2,15-6-8-16(22)9-7-15)14-26-20(24-3)27-17-10-12-28(13-17)19-18(23)5-4-11-25-19;/h4-9,11,17H,10,12-14H2,1-3H3,(H2,24,26,27);1H. The van der Waals surface area contributed by atoms with Crippen LogP contribution in [0.5, 0.6) is 0 Å². The van der Waals surface area contributed by atoms with E-state index in [0.717, 1.165) is 18.5 Å². The molecule has 1 aliphatic heterocycles. The van der Waals surface area contributed by atoms with Crippen LogP contribution >= 0.6 is 24.0 Å². The van der Waals surface area contributed by atoms with E-state index in [2.05, 4.69) is 34.5 Å². The van der Waals surface area contributed by atoms with Crippen LogP contribution in [0.4, 0.5) is 14.6 Å². The molecule has 8 heteroatoms. The minimum atomic E-state index is -0.299. The number of hydrogen-bond donors (Lipinski definition) is 2. The summed E-state index contributed by atoms with van der Waals surface area (Å²) in [4.78, 5) is 10.4. The minimum absolute atomic E-state index is 0. The predicted molar refractivity (Wildman–Crippen MR) is 124 cm³/mol. The molecular weight excluding hydrogens is 487 g/mol. The Morgan fingerprint density at radius 2 is 1.97 bits per heavy atom. The van der Waals surface area contributed by atoms with E-state index in [0.29, 0.717) is 24.9 Å². The van der Waals surface area contributed by atoms with Crippen molar-refractivity contribution in [2.45, 2.75) is 31.7 Å². The third kappa shape index (κ3) is 6.01. The lowest BCUT2D eigenvalue weighted by Gasteiger charge is -2.27. The fourth-order valence-corrected chi connectivity index (χ4v) is 3.38. The second-order valence-electron chi connectivity index (χ2n) is 7.70. The van der Waals surface area contributed by atoms with E-state index in [1.807, 2.05) is 17.0 Å². The van der Waals surface area contributed by atoms with E-state index < -0.39 is 0 Å². The summed E-state index contributed by atoms with van der Waals surface area (Å²) < 4.78 is 27.1. The third-order valence-corrected chi connectivity index (χ3v) is 5.11. The monoisotopic (exact) mass is 515 g/mol. The van der Waals surface area contributed by atoms with Crippen molar-refractivity contribution in [3.8, 4) is 0 Å². The zero-order chi connectivity index (χ0) is 20.1. The fraction of sp³-hybridized carbons (Fsp3) is 0.429. The zero-order valence-corrected chi connectivity index (χ0v) is 19.3. The molecule has 3 rings (SSSR count). The van der Waals surface area contributed by atoms with Gasteiger partial charge in [0.1, 0.15) is 5.82 Å². The first kappa shape index (κ1) is 23.3. The van der Waals surface area contributed by atoms with Crippen molar-refractivity contribution in [1.29, 1.82) is 0 Å². The van der Waals surface area contributed by atoms with Gasteiger partial charge in [-0.3, -0.25) is 4.99 Å². The van der Waals surface area contributed by atoms with E-state index >= 15 is 0 Å². The molecule has 29 heavy (non-hydrogen) atoms. The number of nitrogens with one attached hydrogen (secondary N) is 2. The molecule has 0 amide bonds. The maximum absolute atomic E-state index is 14.0. The first-order valence-electron chi connectivity index (χ1n) is 9.48. The quantitative estimate of drug-likeness (QED) is 0.363. The molecule has 2 aromatic rings. The summed E-state index contributed by atoms with van der Waals surface area (Å²) in [5, 5.41) is 6.76. The number of rotatable bonds is 5. The van der Waals surface area contributed by atoms with Gasteiger partial charge in [-0.15, -0.1) is 24.0 Å². The second-order valence-corrected chi connectivity index (χ2v) is 7.70.